The molecule has 6 nitrogen and oxygen atoms in total. The monoisotopic (exact) mass is 245 g/mol. The van der Waals surface area contributed by atoms with Crippen molar-refractivity contribution in [2.24, 2.45) is 16.6 Å². The molecule has 0 bridgehead atoms. The van der Waals surface area contributed by atoms with Crippen molar-refractivity contribution in [3.05, 3.63) is 11.8 Å². The number of hydrogen-bond acceptors (Lipinski definition) is 5. The molecule has 0 aromatic carbocycles. The molecule has 0 spiro atoms. The summed E-state index contributed by atoms with van der Waals surface area (Å²) in [4.78, 5) is 13.4. The average molecular weight is 245 g/mol. The van der Waals surface area contributed by atoms with Crippen molar-refractivity contribution < 1.29 is 13.2 Å². The molecule has 90 valence electrons. The smallest absolute Gasteiger partial charge is 0.251 e. The van der Waals surface area contributed by atoms with E-state index in [1.807, 2.05) is 0 Å². The molecule has 7 heteroatoms. The Morgan fingerprint density at radius 3 is 2.38 bits per heavy atom. The number of amides is 1. The van der Waals surface area contributed by atoms with Crippen molar-refractivity contribution in [2.75, 3.05) is 6.26 Å². The van der Waals surface area contributed by atoms with Crippen LogP contribution in [0.3, 0.4) is 0 Å². The zero-order valence-corrected chi connectivity index (χ0v) is 10.2. The number of sulfone groups is 1. The number of carbonyl (C=O) groups is 1. The highest BCUT2D eigenvalue weighted by Gasteiger charge is 2.44. The van der Waals surface area contributed by atoms with Crippen LogP contribution in [-0.4, -0.2) is 31.8 Å². The number of aliphatic imine (C=N–C) groups is 1. The SMILES string of the molecule is CC(C)C1(S(C)(=O)=O)N=CC(C(N)=O)=CN1. The van der Waals surface area contributed by atoms with E-state index >= 15 is 0 Å². The summed E-state index contributed by atoms with van der Waals surface area (Å²) in [6, 6.07) is 0. The molecule has 1 atom stereocenters. The molecular weight excluding hydrogens is 230 g/mol. The second-order valence-corrected chi connectivity index (χ2v) is 6.16. The topological polar surface area (TPSA) is 102 Å². The van der Waals surface area contributed by atoms with Crippen molar-refractivity contribution >= 4 is 22.0 Å². The fourth-order valence-corrected chi connectivity index (χ4v) is 2.88. The van der Waals surface area contributed by atoms with Gasteiger partial charge in [-0.2, -0.15) is 0 Å². The average Bonchev–Trinajstić information content (AvgIpc) is 2.15. The van der Waals surface area contributed by atoms with Crippen molar-refractivity contribution in [3.8, 4) is 0 Å². The van der Waals surface area contributed by atoms with Crippen molar-refractivity contribution in [1.29, 1.82) is 0 Å². The number of hydrogen-bond donors (Lipinski definition) is 2. The third-order valence-electron chi connectivity index (χ3n) is 2.46. The lowest BCUT2D eigenvalue weighted by atomic mass is 10.1. The molecule has 1 rings (SSSR count). The number of nitrogens with zero attached hydrogens (tertiary/aromatic N) is 1. The van der Waals surface area contributed by atoms with Crippen LogP contribution in [0.1, 0.15) is 13.8 Å². The molecule has 0 saturated carbocycles. The summed E-state index contributed by atoms with van der Waals surface area (Å²) in [5.41, 5.74) is 5.21. The van der Waals surface area contributed by atoms with Gasteiger partial charge in [-0.25, -0.2) is 13.4 Å². The van der Waals surface area contributed by atoms with E-state index in [0.29, 0.717) is 0 Å². The summed E-state index contributed by atoms with van der Waals surface area (Å²) >= 11 is 0. The van der Waals surface area contributed by atoms with Gasteiger partial charge in [-0.05, 0) is 0 Å². The fraction of sp³-hybridized carbons (Fsp3) is 0.556. The zero-order chi connectivity index (χ0) is 12.6. The first kappa shape index (κ1) is 12.7. The first-order valence-corrected chi connectivity index (χ1v) is 6.62. The van der Waals surface area contributed by atoms with Crippen molar-refractivity contribution in [3.63, 3.8) is 0 Å². The minimum absolute atomic E-state index is 0.153. The van der Waals surface area contributed by atoms with Gasteiger partial charge in [0, 0.05) is 24.6 Å². The molecule has 0 aromatic rings. The largest absolute Gasteiger partial charge is 0.366 e. The van der Waals surface area contributed by atoms with E-state index in [2.05, 4.69) is 10.3 Å². The maximum atomic E-state index is 11.7. The molecule has 0 aromatic heterocycles. The van der Waals surface area contributed by atoms with E-state index in [-0.39, 0.29) is 11.5 Å². The molecule has 3 N–H and O–H groups in total. The second kappa shape index (κ2) is 3.89. The van der Waals surface area contributed by atoms with Crippen molar-refractivity contribution in [2.45, 2.75) is 18.8 Å². The maximum Gasteiger partial charge on any atom is 0.251 e. The van der Waals surface area contributed by atoms with Gasteiger partial charge in [0.2, 0.25) is 4.99 Å². The molecule has 1 amide bonds. The third-order valence-corrected chi connectivity index (χ3v) is 4.29. The van der Waals surface area contributed by atoms with Gasteiger partial charge < -0.3 is 11.1 Å². The molecule has 0 radical (unpaired) electrons. The Balaban J connectivity index is 3.17. The van der Waals surface area contributed by atoms with E-state index < -0.39 is 20.7 Å². The van der Waals surface area contributed by atoms with Gasteiger partial charge in [0.1, 0.15) is 0 Å². The molecule has 16 heavy (non-hydrogen) atoms. The highest BCUT2D eigenvalue weighted by Crippen LogP contribution is 2.27. The van der Waals surface area contributed by atoms with Crippen LogP contribution in [0.2, 0.25) is 0 Å². The Morgan fingerprint density at radius 2 is 2.12 bits per heavy atom. The Morgan fingerprint density at radius 1 is 1.56 bits per heavy atom. The lowest BCUT2D eigenvalue weighted by molar-refractivity contribution is -0.114. The van der Waals surface area contributed by atoms with E-state index in [1.54, 1.807) is 13.8 Å². The number of primary amides is 1. The van der Waals surface area contributed by atoms with Crippen molar-refractivity contribution in [1.82, 2.24) is 5.32 Å². The Labute approximate surface area is 94.5 Å². The Hall–Kier alpha value is -1.37. The van der Waals surface area contributed by atoms with E-state index in [1.165, 1.54) is 12.4 Å². The van der Waals surface area contributed by atoms with Crippen LogP contribution in [0.5, 0.6) is 0 Å². The number of carbonyl (C=O) groups excluding carboxylic acids is 1. The molecule has 1 unspecified atom stereocenters. The minimum atomic E-state index is -3.44. The summed E-state index contributed by atoms with van der Waals surface area (Å²) in [6.07, 6.45) is 3.58. The van der Waals surface area contributed by atoms with Gasteiger partial charge in [-0.15, -0.1) is 0 Å². The van der Waals surface area contributed by atoms with Crippen LogP contribution in [0.25, 0.3) is 0 Å². The van der Waals surface area contributed by atoms with E-state index in [4.69, 9.17) is 5.73 Å². The van der Waals surface area contributed by atoms with Crippen LogP contribution in [0, 0.1) is 5.92 Å². The summed E-state index contributed by atoms with van der Waals surface area (Å²) < 4.78 is 23.4. The van der Waals surface area contributed by atoms with E-state index in [9.17, 15) is 13.2 Å². The highest BCUT2D eigenvalue weighted by atomic mass is 32.2. The highest BCUT2D eigenvalue weighted by molar-refractivity contribution is 7.92. The zero-order valence-electron chi connectivity index (χ0n) is 9.39. The molecule has 0 fully saturated rings. The number of nitrogens with two attached hydrogens (primary N) is 1. The van der Waals surface area contributed by atoms with Crippen LogP contribution in [-0.2, 0) is 14.6 Å². The predicted molar refractivity (Wildman–Crippen MR) is 61.3 cm³/mol. The molecule has 1 heterocycles. The Kier molecular flexibility index (Phi) is 3.09. The predicted octanol–water partition coefficient (Wildman–Crippen LogP) is -0.616. The van der Waals surface area contributed by atoms with Crippen LogP contribution in [0.4, 0.5) is 0 Å². The molecule has 0 saturated heterocycles. The van der Waals surface area contributed by atoms with Crippen LogP contribution < -0.4 is 11.1 Å². The van der Waals surface area contributed by atoms with Crippen LogP contribution >= 0.6 is 0 Å². The fourth-order valence-electron chi connectivity index (χ4n) is 1.50. The quantitative estimate of drug-likeness (QED) is 0.692. The van der Waals surface area contributed by atoms with Gasteiger partial charge in [-0.1, -0.05) is 13.8 Å². The van der Waals surface area contributed by atoms with Gasteiger partial charge in [0.25, 0.3) is 5.91 Å². The first-order chi connectivity index (χ1) is 7.21. The van der Waals surface area contributed by atoms with Gasteiger partial charge in [0.05, 0.1) is 5.57 Å². The normalized spacial score (nSPS) is 25.1. The third kappa shape index (κ3) is 1.95. The maximum absolute atomic E-state index is 11.7. The summed E-state index contributed by atoms with van der Waals surface area (Å²) in [5, 5.41) is 2.65. The van der Waals surface area contributed by atoms with E-state index in [0.717, 1.165) is 6.26 Å². The lowest BCUT2D eigenvalue weighted by Gasteiger charge is -2.34. The molecule has 0 aliphatic carbocycles. The molecule has 1 aliphatic rings. The standard InChI is InChI=1S/C9H15N3O3S/c1-6(2)9(16(3,14)15)11-4-7(5-12-9)8(10)13/h4-6,11H,1-3H3,(H2,10,13). The van der Waals surface area contributed by atoms with Gasteiger partial charge in [0.15, 0.2) is 9.84 Å². The minimum Gasteiger partial charge on any atom is -0.366 e. The molecule has 1 aliphatic heterocycles. The number of rotatable bonds is 3. The van der Waals surface area contributed by atoms with Gasteiger partial charge in [-0.3, -0.25) is 4.79 Å². The lowest BCUT2D eigenvalue weighted by Crippen LogP contribution is -2.53. The van der Waals surface area contributed by atoms with Gasteiger partial charge >= 0.3 is 0 Å². The molecular formula is C9H15N3O3S. The summed E-state index contributed by atoms with van der Waals surface area (Å²) in [6.45, 7) is 3.46. The first-order valence-electron chi connectivity index (χ1n) is 4.73. The number of nitrogens with one attached hydrogen (secondary N) is 1. The second-order valence-electron chi connectivity index (χ2n) is 3.99. The summed E-state index contributed by atoms with van der Waals surface area (Å²) in [7, 11) is -3.44. The Bertz CT molecular complexity index is 464. The summed E-state index contributed by atoms with van der Waals surface area (Å²) in [5.74, 6) is -0.925. The van der Waals surface area contributed by atoms with Crippen LogP contribution in [0.15, 0.2) is 16.8 Å².